The lowest BCUT2D eigenvalue weighted by atomic mass is 10.3. The van der Waals surface area contributed by atoms with E-state index in [1.807, 2.05) is 0 Å². The maximum atomic E-state index is 12.1. The van der Waals surface area contributed by atoms with Crippen molar-refractivity contribution in [2.75, 3.05) is 0 Å². The number of fused-ring (bicyclic) bond motifs is 1. The van der Waals surface area contributed by atoms with Crippen LogP contribution in [0.2, 0.25) is 0 Å². The molecule has 0 unspecified atom stereocenters. The summed E-state index contributed by atoms with van der Waals surface area (Å²) in [6.07, 6.45) is 3.01. The monoisotopic (exact) mass is 302 g/mol. The number of carbonyl (C=O) groups excluding carboxylic acids is 1. The summed E-state index contributed by atoms with van der Waals surface area (Å²) >= 11 is 0.974. The molecule has 2 N–H and O–H groups in total. The first-order valence-corrected chi connectivity index (χ1v) is 6.82. The molecule has 21 heavy (non-hydrogen) atoms. The number of carbonyl (C=O) groups is 1. The van der Waals surface area contributed by atoms with Gasteiger partial charge in [-0.3, -0.25) is 4.79 Å². The molecule has 0 atom stereocenters. The molecule has 3 aromatic rings. The first-order chi connectivity index (χ1) is 10.2. The van der Waals surface area contributed by atoms with Crippen LogP contribution in [0.25, 0.3) is 10.2 Å². The molecule has 0 aromatic carbocycles. The van der Waals surface area contributed by atoms with Crippen molar-refractivity contribution in [3.05, 3.63) is 52.6 Å². The van der Waals surface area contributed by atoms with Crippen LogP contribution in [0.5, 0.6) is 5.88 Å². The van der Waals surface area contributed by atoms with Gasteiger partial charge in [0.05, 0.1) is 5.39 Å². The van der Waals surface area contributed by atoms with Gasteiger partial charge in [-0.05, 0) is 29.7 Å². The molecule has 7 nitrogen and oxygen atoms in total. The minimum Gasteiger partial charge on any atom is -0.493 e. The van der Waals surface area contributed by atoms with Gasteiger partial charge in [0.25, 0.3) is 5.56 Å². The molecule has 106 valence electrons. The number of pyridine rings is 2. The fourth-order valence-electron chi connectivity index (χ4n) is 1.81. The van der Waals surface area contributed by atoms with Crippen LogP contribution in [0.4, 0.5) is 4.79 Å². The molecule has 1 amide bonds. The van der Waals surface area contributed by atoms with Gasteiger partial charge in [0, 0.05) is 24.5 Å². The Morgan fingerprint density at radius 1 is 1.29 bits per heavy atom. The molecule has 3 aromatic heterocycles. The molecule has 8 heteroatoms. The fourth-order valence-corrected chi connectivity index (χ4v) is 2.67. The van der Waals surface area contributed by atoms with E-state index in [1.54, 1.807) is 30.5 Å². The third-order valence-electron chi connectivity index (χ3n) is 2.85. The van der Waals surface area contributed by atoms with Gasteiger partial charge in [0.2, 0.25) is 5.88 Å². The van der Waals surface area contributed by atoms with Crippen LogP contribution in [0.3, 0.4) is 0 Å². The topological polar surface area (TPSA) is 97.1 Å². The number of hydrogen-bond donors (Lipinski definition) is 2. The second kappa shape index (κ2) is 5.33. The Labute approximate surface area is 122 Å². The molecule has 3 heterocycles. The minimum atomic E-state index is -0.564. The summed E-state index contributed by atoms with van der Waals surface area (Å²) in [5.41, 5.74) is 0.0640. The van der Waals surface area contributed by atoms with E-state index >= 15 is 0 Å². The van der Waals surface area contributed by atoms with Crippen molar-refractivity contribution in [1.82, 2.24) is 19.2 Å². The fraction of sp³-hybridized carbons (Fsp3) is 0.0769. The van der Waals surface area contributed by atoms with Crippen LogP contribution < -0.4 is 10.9 Å². The van der Waals surface area contributed by atoms with E-state index < -0.39 is 11.6 Å². The first-order valence-electron chi connectivity index (χ1n) is 6.05. The number of amides is 1. The first kappa shape index (κ1) is 13.3. The third kappa shape index (κ3) is 2.48. The highest BCUT2D eigenvalue weighted by Gasteiger charge is 2.14. The Balaban J connectivity index is 1.83. The summed E-state index contributed by atoms with van der Waals surface area (Å²) in [4.78, 5) is 32.4. The maximum Gasteiger partial charge on any atom is 0.338 e. The lowest BCUT2D eigenvalue weighted by molar-refractivity contribution is 0.243. The Kier molecular flexibility index (Phi) is 3.36. The van der Waals surface area contributed by atoms with Gasteiger partial charge in [0.15, 0.2) is 0 Å². The van der Waals surface area contributed by atoms with Crippen LogP contribution in [0, 0.1) is 0 Å². The number of rotatable bonds is 2. The van der Waals surface area contributed by atoms with Crippen LogP contribution in [0.15, 0.2) is 41.5 Å². The second-order valence-electron chi connectivity index (χ2n) is 4.19. The quantitative estimate of drug-likeness (QED) is 0.744. The summed E-state index contributed by atoms with van der Waals surface area (Å²) in [6, 6.07) is 5.99. The van der Waals surface area contributed by atoms with E-state index in [9.17, 15) is 14.7 Å². The zero-order valence-electron chi connectivity index (χ0n) is 10.7. The molecular formula is C13H10N4O3S. The highest BCUT2D eigenvalue weighted by atomic mass is 32.1. The van der Waals surface area contributed by atoms with Crippen LogP contribution >= 0.6 is 11.5 Å². The summed E-state index contributed by atoms with van der Waals surface area (Å²) in [7, 11) is 0. The van der Waals surface area contributed by atoms with E-state index in [0.717, 1.165) is 15.5 Å². The molecule has 0 saturated heterocycles. The Bertz CT molecular complexity index is 871. The Morgan fingerprint density at radius 2 is 2.05 bits per heavy atom. The number of hydrogen-bond acceptors (Lipinski definition) is 6. The number of nitrogens with one attached hydrogen (secondary N) is 1. The lowest BCUT2D eigenvalue weighted by Gasteiger charge is -2.05. The number of aromatic hydroxyl groups is 1. The summed E-state index contributed by atoms with van der Waals surface area (Å²) < 4.78 is 1.01. The Hall–Kier alpha value is -2.74. The summed E-state index contributed by atoms with van der Waals surface area (Å²) in [5.74, 6) is -0.150. The zero-order chi connectivity index (χ0) is 14.8. The molecule has 3 rings (SSSR count). The van der Waals surface area contributed by atoms with Crippen molar-refractivity contribution in [3.8, 4) is 5.88 Å². The standard InChI is InChI=1S/C13H10N4O3S/c18-10-8(3-1-5-14-10)7-16-13(20)17-12(19)9-4-2-6-15-11(9)21-17/h1-6H,7H2,(H,14,18)(H,16,20). The van der Waals surface area contributed by atoms with Crippen LogP contribution in [-0.4, -0.2) is 25.1 Å². The summed E-state index contributed by atoms with van der Waals surface area (Å²) in [5, 5.41) is 12.5. The van der Waals surface area contributed by atoms with Crippen molar-refractivity contribution < 1.29 is 9.90 Å². The number of nitrogens with zero attached hydrogens (tertiary/aromatic N) is 3. The van der Waals surface area contributed by atoms with Gasteiger partial charge in [-0.15, -0.1) is 0 Å². The van der Waals surface area contributed by atoms with Crippen LogP contribution in [0.1, 0.15) is 5.56 Å². The minimum absolute atomic E-state index is 0.0760. The van der Waals surface area contributed by atoms with Gasteiger partial charge in [-0.25, -0.2) is 14.8 Å². The average molecular weight is 302 g/mol. The normalized spacial score (nSPS) is 10.7. The largest absolute Gasteiger partial charge is 0.493 e. The zero-order valence-corrected chi connectivity index (χ0v) is 11.5. The van der Waals surface area contributed by atoms with Gasteiger partial charge >= 0.3 is 6.03 Å². The van der Waals surface area contributed by atoms with E-state index in [2.05, 4.69) is 15.3 Å². The van der Waals surface area contributed by atoms with Crippen LogP contribution in [-0.2, 0) is 6.54 Å². The Morgan fingerprint density at radius 3 is 2.81 bits per heavy atom. The van der Waals surface area contributed by atoms with Gasteiger partial charge in [-0.1, -0.05) is 6.07 Å². The molecule has 0 aliphatic carbocycles. The van der Waals surface area contributed by atoms with Gasteiger partial charge in [0.1, 0.15) is 4.83 Å². The predicted molar refractivity (Wildman–Crippen MR) is 77.4 cm³/mol. The molecule has 0 bridgehead atoms. The predicted octanol–water partition coefficient (Wildman–Crippen LogP) is 1.32. The SMILES string of the molecule is O=C(NCc1cccnc1O)n1sc2ncccc2c1=O. The molecule has 0 saturated carbocycles. The van der Waals surface area contributed by atoms with Crippen molar-refractivity contribution in [2.45, 2.75) is 6.54 Å². The van der Waals surface area contributed by atoms with Gasteiger partial charge in [-0.2, -0.15) is 3.96 Å². The van der Waals surface area contributed by atoms with Gasteiger partial charge < -0.3 is 10.4 Å². The summed E-state index contributed by atoms with van der Waals surface area (Å²) in [6.45, 7) is 0.0760. The van der Waals surface area contributed by atoms with E-state index in [4.69, 9.17) is 0 Å². The molecule has 0 aliphatic heterocycles. The van der Waals surface area contributed by atoms with E-state index in [1.165, 1.54) is 6.20 Å². The highest BCUT2D eigenvalue weighted by Crippen LogP contribution is 2.13. The molecule has 0 fully saturated rings. The number of aromatic nitrogens is 3. The molecular weight excluding hydrogens is 292 g/mol. The second-order valence-corrected chi connectivity index (χ2v) is 5.13. The van der Waals surface area contributed by atoms with Crippen molar-refractivity contribution >= 4 is 27.8 Å². The molecule has 0 radical (unpaired) electrons. The maximum absolute atomic E-state index is 12.1. The average Bonchev–Trinajstić information content (AvgIpc) is 2.84. The molecule has 0 aliphatic rings. The lowest BCUT2D eigenvalue weighted by Crippen LogP contribution is -2.32. The van der Waals surface area contributed by atoms with Crippen molar-refractivity contribution in [2.24, 2.45) is 0 Å². The molecule has 0 spiro atoms. The van der Waals surface area contributed by atoms with Crippen molar-refractivity contribution in [3.63, 3.8) is 0 Å². The van der Waals surface area contributed by atoms with Crippen molar-refractivity contribution in [1.29, 1.82) is 0 Å². The van der Waals surface area contributed by atoms with E-state index in [-0.39, 0.29) is 12.4 Å². The van der Waals surface area contributed by atoms with E-state index in [0.29, 0.717) is 15.8 Å². The smallest absolute Gasteiger partial charge is 0.338 e. The highest BCUT2D eigenvalue weighted by molar-refractivity contribution is 7.14. The third-order valence-corrected chi connectivity index (χ3v) is 3.86.